The number of allylic oxidation sites excluding steroid dienone is 3. The van der Waals surface area contributed by atoms with E-state index < -0.39 is 5.92 Å². The van der Waals surface area contributed by atoms with Gasteiger partial charge in [0.2, 0.25) is 0 Å². The topological polar surface area (TPSA) is 93.9 Å². The van der Waals surface area contributed by atoms with Crippen molar-refractivity contribution in [3.8, 4) is 12.1 Å². The molecule has 7 heteroatoms. The number of fused-ring (bicyclic) bond motifs is 1. The van der Waals surface area contributed by atoms with E-state index in [1.165, 1.54) is 11.3 Å². The van der Waals surface area contributed by atoms with Gasteiger partial charge in [0.25, 0.3) is 0 Å². The number of anilines is 1. The van der Waals surface area contributed by atoms with Gasteiger partial charge >= 0.3 is 0 Å². The van der Waals surface area contributed by atoms with Gasteiger partial charge < -0.3 is 5.73 Å². The summed E-state index contributed by atoms with van der Waals surface area (Å²) in [6.45, 7) is 4.20. The van der Waals surface area contributed by atoms with Gasteiger partial charge in [0.15, 0.2) is 5.78 Å². The molecule has 36 heavy (non-hydrogen) atoms. The van der Waals surface area contributed by atoms with Crippen LogP contribution >= 0.6 is 23.1 Å². The van der Waals surface area contributed by atoms with Crippen LogP contribution in [0.25, 0.3) is 0 Å². The van der Waals surface area contributed by atoms with E-state index in [1.807, 2.05) is 35.4 Å². The highest BCUT2D eigenvalue weighted by atomic mass is 32.2. The second-order valence-corrected chi connectivity index (χ2v) is 12.6. The number of nitrogens with zero attached hydrogens (tertiary/aromatic N) is 3. The van der Waals surface area contributed by atoms with Gasteiger partial charge in [0, 0.05) is 27.5 Å². The summed E-state index contributed by atoms with van der Waals surface area (Å²) in [5.74, 6) is -0.0975. The normalized spacial score (nSPS) is 21.4. The van der Waals surface area contributed by atoms with Crippen molar-refractivity contribution in [3.63, 3.8) is 0 Å². The van der Waals surface area contributed by atoms with E-state index in [2.05, 4.69) is 26.0 Å². The summed E-state index contributed by atoms with van der Waals surface area (Å²) >= 11 is 3.27. The van der Waals surface area contributed by atoms with Crippen LogP contribution in [0.4, 0.5) is 5.00 Å². The smallest absolute Gasteiger partial charge is 0.162 e. The van der Waals surface area contributed by atoms with Gasteiger partial charge in [-0.05, 0) is 67.0 Å². The predicted octanol–water partition coefficient (Wildman–Crippen LogP) is 6.55. The van der Waals surface area contributed by atoms with E-state index in [4.69, 9.17) is 5.73 Å². The number of carbonyl (C=O) groups is 1. The first-order valence-electron chi connectivity index (χ1n) is 12.4. The van der Waals surface area contributed by atoms with Crippen LogP contribution < -0.4 is 10.6 Å². The lowest BCUT2D eigenvalue weighted by atomic mass is 9.68. The Bertz CT molecular complexity index is 1380. The molecule has 0 unspecified atom stereocenters. The minimum absolute atomic E-state index is 0.0575. The van der Waals surface area contributed by atoms with E-state index >= 15 is 0 Å². The van der Waals surface area contributed by atoms with E-state index in [0.717, 1.165) is 52.4 Å². The SMILES string of the molecule is CSc1ccc([C@@H]2C(C#N)=C(N)N(c3sc4c(c3C#N)CCCCC4)C3=C2C(=O)CC(C)(C)C3)cc1. The highest BCUT2D eigenvalue weighted by molar-refractivity contribution is 7.98. The molecule has 0 amide bonds. The number of ketones is 1. The monoisotopic (exact) mass is 514 g/mol. The molecule has 0 bridgehead atoms. The van der Waals surface area contributed by atoms with Crippen molar-refractivity contribution >= 4 is 33.9 Å². The van der Waals surface area contributed by atoms with Crippen LogP contribution in [0.2, 0.25) is 0 Å². The van der Waals surface area contributed by atoms with Crippen LogP contribution in [0.3, 0.4) is 0 Å². The highest BCUT2D eigenvalue weighted by Crippen LogP contribution is 2.52. The molecule has 0 spiro atoms. The van der Waals surface area contributed by atoms with Crippen molar-refractivity contribution in [2.24, 2.45) is 11.1 Å². The number of hydrogen-bond donors (Lipinski definition) is 1. The van der Waals surface area contributed by atoms with Gasteiger partial charge in [-0.15, -0.1) is 23.1 Å². The number of carbonyl (C=O) groups excluding carboxylic acids is 1. The lowest BCUT2D eigenvalue weighted by Gasteiger charge is -2.43. The Morgan fingerprint density at radius 2 is 1.81 bits per heavy atom. The lowest BCUT2D eigenvalue weighted by Crippen LogP contribution is -2.42. The summed E-state index contributed by atoms with van der Waals surface area (Å²) in [5.41, 5.74) is 11.2. The fraction of sp³-hybridized carbons (Fsp3) is 0.414. The zero-order valence-corrected chi connectivity index (χ0v) is 22.6. The van der Waals surface area contributed by atoms with Gasteiger partial charge in [0.1, 0.15) is 16.9 Å². The molecule has 0 radical (unpaired) electrons. The van der Waals surface area contributed by atoms with Gasteiger partial charge in [0.05, 0.1) is 23.1 Å². The molecule has 2 aromatic rings. The molecule has 5 rings (SSSR count). The Morgan fingerprint density at radius 3 is 2.47 bits per heavy atom. The van der Waals surface area contributed by atoms with Crippen molar-refractivity contribution in [2.45, 2.75) is 69.6 Å². The van der Waals surface area contributed by atoms with Crippen molar-refractivity contribution in [1.29, 1.82) is 10.5 Å². The molecule has 184 valence electrons. The molecule has 2 N–H and O–H groups in total. The quantitative estimate of drug-likeness (QED) is 0.369. The number of Topliss-reactive ketones (excluding diaryl/α,β-unsaturated/α-hetero) is 1. The van der Waals surface area contributed by atoms with Crippen molar-refractivity contribution < 1.29 is 4.79 Å². The number of nitriles is 2. The molecule has 5 nitrogen and oxygen atoms in total. The zero-order chi connectivity index (χ0) is 25.6. The van der Waals surface area contributed by atoms with E-state index in [1.54, 1.807) is 23.1 Å². The van der Waals surface area contributed by atoms with Gasteiger partial charge in [-0.2, -0.15) is 10.5 Å². The predicted molar refractivity (Wildman–Crippen MR) is 146 cm³/mol. The summed E-state index contributed by atoms with van der Waals surface area (Å²) in [7, 11) is 0. The Kier molecular flexibility index (Phi) is 6.49. The number of thiophene rings is 1. The van der Waals surface area contributed by atoms with Crippen LogP contribution in [0.5, 0.6) is 0 Å². The largest absolute Gasteiger partial charge is 0.384 e. The minimum atomic E-state index is -0.496. The van der Waals surface area contributed by atoms with Crippen molar-refractivity contribution in [2.75, 3.05) is 11.2 Å². The van der Waals surface area contributed by atoms with E-state index in [-0.39, 0.29) is 11.2 Å². The molecule has 3 aliphatic rings. The summed E-state index contributed by atoms with van der Waals surface area (Å²) in [6, 6.07) is 12.9. The molecule has 0 saturated heterocycles. The summed E-state index contributed by atoms with van der Waals surface area (Å²) in [5, 5.41) is 21.4. The molecular weight excluding hydrogens is 484 g/mol. The fourth-order valence-corrected chi connectivity index (χ4v) is 7.66. The average molecular weight is 515 g/mol. The molecule has 1 aromatic heterocycles. The summed E-state index contributed by atoms with van der Waals surface area (Å²) < 4.78 is 0. The first-order chi connectivity index (χ1) is 17.3. The third-order valence-electron chi connectivity index (χ3n) is 7.55. The minimum Gasteiger partial charge on any atom is -0.384 e. The summed E-state index contributed by atoms with van der Waals surface area (Å²) in [4.78, 5) is 18.0. The number of hydrogen-bond acceptors (Lipinski definition) is 7. The Hall–Kier alpha value is -3.00. The highest BCUT2D eigenvalue weighted by Gasteiger charge is 2.45. The number of rotatable bonds is 3. The van der Waals surface area contributed by atoms with Gasteiger partial charge in [-0.3, -0.25) is 9.69 Å². The fourth-order valence-electron chi connectivity index (χ4n) is 5.87. The lowest BCUT2D eigenvalue weighted by molar-refractivity contribution is -0.118. The molecule has 1 aromatic carbocycles. The first-order valence-corrected chi connectivity index (χ1v) is 14.5. The number of benzene rings is 1. The molecule has 1 aliphatic heterocycles. The van der Waals surface area contributed by atoms with Crippen LogP contribution in [-0.4, -0.2) is 12.0 Å². The van der Waals surface area contributed by atoms with Crippen molar-refractivity contribution in [3.05, 3.63) is 68.5 Å². The second-order valence-electron chi connectivity index (χ2n) is 10.6. The number of aryl methyl sites for hydroxylation is 1. The standard InChI is InChI=1S/C29H30N4OS2/c1-29(2)13-22-26(23(34)14-29)25(17-9-11-18(35-3)12-10-17)21(16-31)27(32)33(22)28-20(15-30)19-7-5-4-6-8-24(19)36-28/h9-12,25H,4-8,13-14,32H2,1-3H3/t25-/m1/s1. The third-order valence-corrected chi connectivity index (χ3v) is 9.57. The Balaban J connectivity index is 1.76. The molecule has 0 saturated carbocycles. The van der Waals surface area contributed by atoms with Crippen LogP contribution in [-0.2, 0) is 17.6 Å². The molecule has 0 fully saturated rings. The average Bonchev–Trinajstić information content (AvgIpc) is 3.02. The molecule has 2 aliphatic carbocycles. The first kappa shape index (κ1) is 24.7. The van der Waals surface area contributed by atoms with Crippen LogP contribution in [0.15, 0.2) is 51.8 Å². The maximum atomic E-state index is 13.8. The number of nitrogens with two attached hydrogens (primary N) is 1. The maximum Gasteiger partial charge on any atom is 0.162 e. The van der Waals surface area contributed by atoms with Gasteiger partial charge in [-0.1, -0.05) is 32.4 Å². The maximum absolute atomic E-state index is 13.8. The van der Waals surface area contributed by atoms with Crippen LogP contribution in [0.1, 0.15) is 73.4 Å². The zero-order valence-electron chi connectivity index (χ0n) is 21.0. The third kappa shape index (κ3) is 4.05. The van der Waals surface area contributed by atoms with Gasteiger partial charge in [-0.25, -0.2) is 0 Å². The molecule has 1 atom stereocenters. The second kappa shape index (κ2) is 9.47. The Labute approximate surface area is 221 Å². The van der Waals surface area contributed by atoms with E-state index in [0.29, 0.717) is 35.4 Å². The molecule has 2 heterocycles. The number of thioether (sulfide) groups is 1. The molecular formula is C29H30N4OS2. The van der Waals surface area contributed by atoms with E-state index in [9.17, 15) is 15.3 Å². The van der Waals surface area contributed by atoms with Crippen LogP contribution in [0, 0.1) is 28.1 Å². The van der Waals surface area contributed by atoms with Crippen molar-refractivity contribution in [1.82, 2.24) is 0 Å². The Morgan fingerprint density at radius 1 is 1.08 bits per heavy atom. The summed E-state index contributed by atoms with van der Waals surface area (Å²) in [6.07, 6.45) is 8.29.